The van der Waals surface area contributed by atoms with Crippen molar-refractivity contribution in [1.29, 1.82) is 0 Å². The Labute approximate surface area is 106 Å². The number of aryl methyl sites for hydroxylation is 1. The van der Waals surface area contributed by atoms with Crippen molar-refractivity contribution in [3.63, 3.8) is 0 Å². The number of hydrogen-bond acceptors (Lipinski definition) is 5. The van der Waals surface area contributed by atoms with Crippen LogP contribution >= 0.6 is 0 Å². The molecule has 1 amide bonds. The summed E-state index contributed by atoms with van der Waals surface area (Å²) < 4.78 is 1.34. The number of nitrogens with zero attached hydrogens (tertiary/aromatic N) is 3. The number of nitrogens with two attached hydrogens (primary N) is 1. The Bertz CT molecular complexity index is 750. The van der Waals surface area contributed by atoms with Crippen molar-refractivity contribution in [2.45, 2.75) is 13.5 Å². The van der Waals surface area contributed by atoms with E-state index < -0.39 is 16.3 Å². The van der Waals surface area contributed by atoms with Gasteiger partial charge in [0.25, 0.3) is 11.6 Å². The normalized spacial score (nSPS) is 10.6. The molecule has 2 rings (SSSR count). The molecule has 98 valence electrons. The molecule has 8 nitrogen and oxygen atoms in total. The fourth-order valence-electron chi connectivity index (χ4n) is 1.79. The van der Waals surface area contributed by atoms with Gasteiger partial charge in [-0.05, 0) is 13.0 Å². The number of non-ortho nitro benzene ring substituents is 1. The number of amides is 1. The zero-order valence-electron chi connectivity index (χ0n) is 9.99. The Hall–Kier alpha value is -2.77. The van der Waals surface area contributed by atoms with Gasteiger partial charge in [-0.15, -0.1) is 0 Å². The van der Waals surface area contributed by atoms with E-state index in [-0.39, 0.29) is 16.8 Å². The monoisotopic (exact) mass is 262 g/mol. The van der Waals surface area contributed by atoms with Gasteiger partial charge < -0.3 is 5.73 Å². The summed E-state index contributed by atoms with van der Waals surface area (Å²) in [5.74, 6) is -0.924. The largest absolute Gasteiger partial charge is 0.364 e. The highest BCUT2D eigenvalue weighted by atomic mass is 16.6. The zero-order chi connectivity index (χ0) is 14.2. The first-order valence-electron chi connectivity index (χ1n) is 5.44. The molecule has 8 heteroatoms. The first kappa shape index (κ1) is 12.7. The molecule has 19 heavy (non-hydrogen) atoms. The minimum absolute atomic E-state index is 0.150. The lowest BCUT2D eigenvalue weighted by molar-refractivity contribution is -0.384. The number of carbonyl (C=O) groups is 1. The number of rotatable bonds is 3. The van der Waals surface area contributed by atoms with Gasteiger partial charge in [-0.3, -0.25) is 24.4 Å². The van der Waals surface area contributed by atoms with Gasteiger partial charge in [-0.1, -0.05) is 0 Å². The standard InChI is InChI=1S/C11H10N4O4/c1-2-14-8-5-6(15(18)19)3-4-7(8)10(16)9(13-14)11(12)17/h3-5H,2H2,1H3,(H2,12,17). The van der Waals surface area contributed by atoms with E-state index in [0.29, 0.717) is 12.1 Å². The lowest BCUT2D eigenvalue weighted by Crippen LogP contribution is -2.27. The van der Waals surface area contributed by atoms with E-state index in [2.05, 4.69) is 5.10 Å². The van der Waals surface area contributed by atoms with Crippen molar-refractivity contribution in [2.24, 2.45) is 5.73 Å². The van der Waals surface area contributed by atoms with E-state index in [9.17, 15) is 19.7 Å². The molecule has 0 radical (unpaired) electrons. The second-order valence-electron chi connectivity index (χ2n) is 3.82. The van der Waals surface area contributed by atoms with Crippen LogP contribution in [0.4, 0.5) is 5.69 Å². The van der Waals surface area contributed by atoms with Crippen LogP contribution in [-0.2, 0) is 6.54 Å². The number of carbonyl (C=O) groups excluding carboxylic acids is 1. The average Bonchev–Trinajstić information content (AvgIpc) is 2.38. The number of hydrogen-bond donors (Lipinski definition) is 1. The van der Waals surface area contributed by atoms with E-state index in [0.717, 1.165) is 0 Å². The van der Waals surface area contributed by atoms with E-state index in [1.165, 1.54) is 22.9 Å². The highest BCUT2D eigenvalue weighted by Crippen LogP contribution is 2.18. The van der Waals surface area contributed by atoms with Crippen molar-refractivity contribution in [3.8, 4) is 0 Å². The Morgan fingerprint density at radius 1 is 1.53 bits per heavy atom. The third-order valence-corrected chi connectivity index (χ3v) is 2.68. The van der Waals surface area contributed by atoms with Crippen LogP contribution in [0.3, 0.4) is 0 Å². The molecular formula is C11H10N4O4. The van der Waals surface area contributed by atoms with Crippen LogP contribution in [0, 0.1) is 10.1 Å². The van der Waals surface area contributed by atoms with Gasteiger partial charge in [0.05, 0.1) is 15.8 Å². The average molecular weight is 262 g/mol. The van der Waals surface area contributed by atoms with Gasteiger partial charge >= 0.3 is 0 Å². The molecule has 2 aromatic rings. The minimum atomic E-state index is -0.924. The van der Waals surface area contributed by atoms with E-state index in [1.54, 1.807) is 6.92 Å². The maximum Gasteiger partial charge on any atom is 0.273 e. The summed E-state index contributed by atoms with van der Waals surface area (Å²) in [5.41, 5.74) is 4.24. The first-order chi connectivity index (χ1) is 8.95. The van der Waals surface area contributed by atoms with Crippen LogP contribution in [0.1, 0.15) is 17.4 Å². The summed E-state index contributed by atoms with van der Waals surface area (Å²) in [5, 5.41) is 14.7. The fraction of sp³-hybridized carbons (Fsp3) is 0.182. The number of aromatic nitrogens is 2. The second-order valence-corrected chi connectivity index (χ2v) is 3.82. The van der Waals surface area contributed by atoms with E-state index in [1.807, 2.05) is 0 Å². The third-order valence-electron chi connectivity index (χ3n) is 2.68. The molecule has 0 fully saturated rings. The molecule has 1 aromatic heterocycles. The maximum absolute atomic E-state index is 12.0. The van der Waals surface area contributed by atoms with Crippen molar-refractivity contribution >= 4 is 22.5 Å². The fourth-order valence-corrected chi connectivity index (χ4v) is 1.79. The highest BCUT2D eigenvalue weighted by molar-refractivity contribution is 5.94. The van der Waals surface area contributed by atoms with Crippen molar-refractivity contribution in [1.82, 2.24) is 9.78 Å². The molecule has 0 unspecified atom stereocenters. The van der Waals surface area contributed by atoms with E-state index in [4.69, 9.17) is 5.73 Å². The molecule has 0 spiro atoms. The van der Waals surface area contributed by atoms with Gasteiger partial charge in [0, 0.05) is 18.7 Å². The predicted molar refractivity (Wildman–Crippen MR) is 66.8 cm³/mol. The zero-order valence-corrected chi connectivity index (χ0v) is 9.99. The summed E-state index contributed by atoms with van der Waals surface area (Å²) in [6.07, 6.45) is 0. The Morgan fingerprint density at radius 2 is 2.21 bits per heavy atom. The smallest absolute Gasteiger partial charge is 0.273 e. The van der Waals surface area contributed by atoms with E-state index >= 15 is 0 Å². The van der Waals surface area contributed by atoms with Gasteiger partial charge in [0.2, 0.25) is 5.43 Å². The molecule has 0 aliphatic rings. The quantitative estimate of drug-likeness (QED) is 0.634. The number of benzene rings is 1. The van der Waals surface area contributed by atoms with Crippen molar-refractivity contribution in [3.05, 3.63) is 44.2 Å². The third kappa shape index (κ3) is 2.03. The van der Waals surface area contributed by atoms with Crippen molar-refractivity contribution in [2.75, 3.05) is 0 Å². The lowest BCUT2D eigenvalue weighted by Gasteiger charge is -2.08. The summed E-state index contributed by atoms with van der Waals surface area (Å²) in [4.78, 5) is 33.3. The molecule has 0 atom stereocenters. The molecule has 0 aliphatic carbocycles. The molecule has 0 saturated carbocycles. The summed E-state index contributed by atoms with van der Waals surface area (Å²) in [6, 6.07) is 3.75. The first-order valence-corrected chi connectivity index (χ1v) is 5.44. The Balaban J connectivity index is 2.90. The van der Waals surface area contributed by atoms with Crippen molar-refractivity contribution < 1.29 is 9.72 Å². The molecule has 0 bridgehead atoms. The van der Waals surface area contributed by atoms with Gasteiger partial charge in [-0.2, -0.15) is 5.10 Å². The minimum Gasteiger partial charge on any atom is -0.364 e. The maximum atomic E-state index is 12.0. The SMILES string of the molecule is CCn1nc(C(N)=O)c(=O)c2ccc([N+](=O)[O-])cc21. The van der Waals surface area contributed by atoms with Gasteiger partial charge in [0.1, 0.15) is 0 Å². The molecule has 2 N–H and O–H groups in total. The molecule has 0 aliphatic heterocycles. The number of primary amides is 1. The molecule has 1 heterocycles. The number of nitro benzene ring substituents is 1. The topological polar surface area (TPSA) is 121 Å². The molecular weight excluding hydrogens is 252 g/mol. The van der Waals surface area contributed by atoms with Crippen LogP contribution < -0.4 is 11.2 Å². The lowest BCUT2D eigenvalue weighted by atomic mass is 10.1. The molecule has 1 aromatic carbocycles. The molecule has 0 saturated heterocycles. The van der Waals surface area contributed by atoms with Crippen LogP contribution in [0.25, 0.3) is 10.9 Å². The van der Waals surface area contributed by atoms with Crippen LogP contribution in [-0.4, -0.2) is 20.6 Å². The summed E-state index contributed by atoms with van der Waals surface area (Å²) in [6.45, 7) is 2.08. The summed E-state index contributed by atoms with van der Waals surface area (Å²) in [7, 11) is 0. The van der Waals surface area contributed by atoms with Gasteiger partial charge in [0.15, 0.2) is 5.69 Å². The van der Waals surface area contributed by atoms with Crippen LogP contribution in [0.5, 0.6) is 0 Å². The van der Waals surface area contributed by atoms with Crippen LogP contribution in [0.2, 0.25) is 0 Å². The number of nitro groups is 1. The predicted octanol–water partition coefficient (Wildman–Crippen LogP) is 0.423. The second kappa shape index (κ2) is 4.48. The number of fused-ring (bicyclic) bond motifs is 1. The highest BCUT2D eigenvalue weighted by Gasteiger charge is 2.16. The van der Waals surface area contributed by atoms with Crippen LogP contribution in [0.15, 0.2) is 23.0 Å². The Morgan fingerprint density at radius 3 is 2.74 bits per heavy atom. The summed E-state index contributed by atoms with van der Waals surface area (Å²) >= 11 is 0. The van der Waals surface area contributed by atoms with Gasteiger partial charge in [-0.25, -0.2) is 0 Å². The Kier molecular flexibility index (Phi) is 2.99.